The number of hydrogen-bond donors (Lipinski definition) is 1. The van der Waals surface area contributed by atoms with Gasteiger partial charge in [0.2, 0.25) is 0 Å². The second-order valence-electron chi connectivity index (χ2n) is 4.33. The third-order valence-corrected chi connectivity index (χ3v) is 2.87. The van der Waals surface area contributed by atoms with Crippen molar-refractivity contribution in [3.63, 3.8) is 0 Å². The highest BCUT2D eigenvalue weighted by Crippen LogP contribution is 2.11. The Morgan fingerprint density at radius 1 is 1.32 bits per heavy atom. The van der Waals surface area contributed by atoms with Crippen LogP contribution in [0.4, 0.5) is 4.39 Å². The summed E-state index contributed by atoms with van der Waals surface area (Å²) in [5.74, 6) is 0.0543. The molecule has 100 valence electrons. The largest absolute Gasteiger partial charge is 0.361 e. The number of nitrogens with one attached hydrogen (secondary N) is 1. The van der Waals surface area contributed by atoms with Crippen molar-refractivity contribution in [3.05, 3.63) is 52.7 Å². The lowest BCUT2D eigenvalue weighted by atomic mass is 10.1. The monoisotopic (exact) mass is 262 g/mol. The van der Waals surface area contributed by atoms with Gasteiger partial charge >= 0.3 is 0 Å². The third kappa shape index (κ3) is 3.19. The molecule has 0 aliphatic rings. The fourth-order valence-electron chi connectivity index (χ4n) is 1.87. The van der Waals surface area contributed by atoms with Crippen LogP contribution in [0.5, 0.6) is 0 Å². The van der Waals surface area contributed by atoms with E-state index in [9.17, 15) is 9.18 Å². The Kier molecular flexibility index (Phi) is 3.94. The van der Waals surface area contributed by atoms with Crippen molar-refractivity contribution in [3.8, 4) is 0 Å². The summed E-state index contributed by atoms with van der Waals surface area (Å²) in [5.41, 5.74) is 2.04. The maximum absolute atomic E-state index is 12.7. The molecule has 1 heterocycles. The first-order valence-electron chi connectivity index (χ1n) is 6.03. The van der Waals surface area contributed by atoms with E-state index >= 15 is 0 Å². The van der Waals surface area contributed by atoms with E-state index in [1.807, 2.05) is 0 Å². The molecule has 2 rings (SSSR count). The molecule has 0 unspecified atom stereocenters. The molecule has 5 heteroatoms. The minimum absolute atomic E-state index is 0.196. The van der Waals surface area contributed by atoms with Gasteiger partial charge in [0.1, 0.15) is 17.1 Å². The molecule has 0 saturated heterocycles. The summed E-state index contributed by atoms with van der Waals surface area (Å²) in [6.07, 6.45) is 0.648. The number of halogens is 1. The summed E-state index contributed by atoms with van der Waals surface area (Å²) in [7, 11) is 0. The predicted molar refractivity (Wildman–Crippen MR) is 68.4 cm³/mol. The molecular formula is C14H15FN2O2. The van der Waals surface area contributed by atoms with E-state index in [2.05, 4.69) is 10.5 Å². The number of benzene rings is 1. The summed E-state index contributed by atoms with van der Waals surface area (Å²) in [5, 5.41) is 6.53. The van der Waals surface area contributed by atoms with Crippen molar-refractivity contribution < 1.29 is 13.7 Å². The Labute approximate surface area is 110 Å². The van der Waals surface area contributed by atoms with Crippen molar-refractivity contribution in [2.45, 2.75) is 20.3 Å². The number of aryl methyl sites for hydroxylation is 2. The SMILES string of the molecule is Cc1noc(C)c1C(=O)NCCc1ccc(F)cc1. The van der Waals surface area contributed by atoms with Crippen LogP contribution in [0.1, 0.15) is 27.4 Å². The Balaban J connectivity index is 1.89. The maximum atomic E-state index is 12.7. The standard InChI is InChI=1S/C14H15FN2O2/c1-9-13(10(2)19-17-9)14(18)16-8-7-11-3-5-12(15)6-4-11/h3-6H,7-8H2,1-2H3,(H,16,18). The van der Waals surface area contributed by atoms with E-state index in [1.54, 1.807) is 26.0 Å². The molecule has 0 atom stereocenters. The summed E-state index contributed by atoms with van der Waals surface area (Å²) < 4.78 is 17.7. The molecule has 1 aromatic carbocycles. The molecule has 2 aromatic rings. The van der Waals surface area contributed by atoms with Gasteiger partial charge in [0.05, 0.1) is 5.69 Å². The number of hydrogen-bond acceptors (Lipinski definition) is 3. The number of carbonyl (C=O) groups excluding carboxylic acids is 1. The topological polar surface area (TPSA) is 55.1 Å². The zero-order chi connectivity index (χ0) is 13.8. The average Bonchev–Trinajstić information content (AvgIpc) is 2.71. The molecule has 19 heavy (non-hydrogen) atoms. The lowest BCUT2D eigenvalue weighted by Gasteiger charge is -2.05. The van der Waals surface area contributed by atoms with Gasteiger partial charge in [-0.05, 0) is 38.0 Å². The van der Waals surface area contributed by atoms with E-state index in [-0.39, 0.29) is 11.7 Å². The van der Waals surface area contributed by atoms with Crippen LogP contribution in [0.3, 0.4) is 0 Å². The Bertz CT molecular complexity index is 556. The van der Waals surface area contributed by atoms with E-state index in [0.29, 0.717) is 30.0 Å². The van der Waals surface area contributed by atoms with Crippen LogP contribution in [-0.4, -0.2) is 17.6 Å². The number of nitrogens with zero attached hydrogens (tertiary/aromatic N) is 1. The van der Waals surface area contributed by atoms with E-state index in [1.165, 1.54) is 12.1 Å². The fourth-order valence-corrected chi connectivity index (χ4v) is 1.87. The average molecular weight is 262 g/mol. The summed E-state index contributed by atoms with van der Waals surface area (Å²) >= 11 is 0. The normalized spacial score (nSPS) is 10.5. The number of aromatic nitrogens is 1. The highest BCUT2D eigenvalue weighted by molar-refractivity contribution is 5.96. The van der Waals surface area contributed by atoms with Crippen molar-refractivity contribution in [1.29, 1.82) is 0 Å². The van der Waals surface area contributed by atoms with Crippen LogP contribution in [0.15, 0.2) is 28.8 Å². The van der Waals surface area contributed by atoms with Gasteiger partial charge in [-0.25, -0.2) is 4.39 Å². The molecule has 1 N–H and O–H groups in total. The molecule has 0 aliphatic heterocycles. The van der Waals surface area contributed by atoms with Crippen LogP contribution in [0.2, 0.25) is 0 Å². The van der Waals surface area contributed by atoms with Gasteiger partial charge < -0.3 is 9.84 Å². The molecule has 0 radical (unpaired) electrons. The molecule has 0 fully saturated rings. The maximum Gasteiger partial charge on any atom is 0.256 e. The van der Waals surface area contributed by atoms with Crippen LogP contribution in [0, 0.1) is 19.7 Å². The van der Waals surface area contributed by atoms with Crippen LogP contribution in [-0.2, 0) is 6.42 Å². The molecular weight excluding hydrogens is 247 g/mol. The van der Waals surface area contributed by atoms with Crippen molar-refractivity contribution >= 4 is 5.91 Å². The second kappa shape index (κ2) is 5.65. The highest BCUT2D eigenvalue weighted by Gasteiger charge is 2.16. The van der Waals surface area contributed by atoms with E-state index < -0.39 is 0 Å². The van der Waals surface area contributed by atoms with Crippen LogP contribution >= 0.6 is 0 Å². The molecule has 0 aliphatic carbocycles. The van der Waals surface area contributed by atoms with Gasteiger partial charge in [-0.3, -0.25) is 4.79 Å². The van der Waals surface area contributed by atoms with E-state index in [4.69, 9.17) is 4.52 Å². The van der Waals surface area contributed by atoms with Gasteiger partial charge in [0.15, 0.2) is 0 Å². The van der Waals surface area contributed by atoms with E-state index in [0.717, 1.165) is 5.56 Å². The number of rotatable bonds is 4. The Morgan fingerprint density at radius 2 is 2.00 bits per heavy atom. The number of carbonyl (C=O) groups is 1. The molecule has 1 aromatic heterocycles. The molecule has 0 bridgehead atoms. The third-order valence-electron chi connectivity index (χ3n) is 2.87. The highest BCUT2D eigenvalue weighted by atomic mass is 19.1. The van der Waals surface area contributed by atoms with Crippen LogP contribution in [0.25, 0.3) is 0 Å². The first-order valence-corrected chi connectivity index (χ1v) is 6.03. The minimum atomic E-state index is -0.261. The fraction of sp³-hybridized carbons (Fsp3) is 0.286. The predicted octanol–water partition coefficient (Wildman–Crippen LogP) is 2.40. The first kappa shape index (κ1) is 13.3. The minimum Gasteiger partial charge on any atom is -0.361 e. The zero-order valence-corrected chi connectivity index (χ0v) is 10.9. The molecule has 4 nitrogen and oxygen atoms in total. The Hall–Kier alpha value is -2.17. The summed E-state index contributed by atoms with van der Waals surface area (Å²) in [6.45, 7) is 3.91. The quantitative estimate of drug-likeness (QED) is 0.920. The second-order valence-corrected chi connectivity index (χ2v) is 4.33. The molecule has 1 amide bonds. The smallest absolute Gasteiger partial charge is 0.256 e. The van der Waals surface area contributed by atoms with Crippen molar-refractivity contribution in [1.82, 2.24) is 10.5 Å². The van der Waals surface area contributed by atoms with Crippen molar-refractivity contribution in [2.75, 3.05) is 6.54 Å². The lowest BCUT2D eigenvalue weighted by molar-refractivity contribution is 0.0952. The molecule has 0 spiro atoms. The van der Waals surface area contributed by atoms with Gasteiger partial charge in [-0.1, -0.05) is 17.3 Å². The summed E-state index contributed by atoms with van der Waals surface area (Å²) in [6, 6.07) is 6.23. The van der Waals surface area contributed by atoms with Gasteiger partial charge in [-0.15, -0.1) is 0 Å². The Morgan fingerprint density at radius 3 is 2.58 bits per heavy atom. The first-order chi connectivity index (χ1) is 9.08. The zero-order valence-electron chi connectivity index (χ0n) is 10.9. The van der Waals surface area contributed by atoms with Crippen molar-refractivity contribution in [2.24, 2.45) is 0 Å². The van der Waals surface area contributed by atoms with Gasteiger partial charge in [0, 0.05) is 6.54 Å². The van der Waals surface area contributed by atoms with Gasteiger partial charge in [0.25, 0.3) is 5.91 Å². The number of amides is 1. The molecule has 0 saturated carbocycles. The summed E-state index contributed by atoms with van der Waals surface area (Å²) in [4.78, 5) is 11.9. The van der Waals surface area contributed by atoms with Crippen LogP contribution < -0.4 is 5.32 Å². The lowest BCUT2D eigenvalue weighted by Crippen LogP contribution is -2.26. The van der Waals surface area contributed by atoms with Gasteiger partial charge in [-0.2, -0.15) is 0 Å².